The predicted octanol–water partition coefficient (Wildman–Crippen LogP) is 2.63. The minimum absolute atomic E-state index is 0.152. The minimum atomic E-state index is -0.261. The molecule has 1 aromatic carbocycles. The Bertz CT molecular complexity index is 352. The monoisotopic (exact) mass is 239 g/mol. The van der Waals surface area contributed by atoms with Gasteiger partial charge in [0.1, 0.15) is 5.82 Å². The van der Waals surface area contributed by atoms with Crippen molar-refractivity contribution in [3.8, 4) is 0 Å². The highest BCUT2D eigenvalue weighted by molar-refractivity contribution is 5.23. The summed E-state index contributed by atoms with van der Waals surface area (Å²) in [5.74, 6) is 0.270. The van der Waals surface area contributed by atoms with E-state index in [4.69, 9.17) is 0 Å². The maximum absolute atomic E-state index is 13.3. The molecule has 2 unspecified atom stereocenters. The molecular weight excluding hydrogens is 217 g/mol. The lowest BCUT2D eigenvalue weighted by molar-refractivity contribution is 0.163. The third-order valence-electron chi connectivity index (χ3n) is 2.80. The summed E-state index contributed by atoms with van der Waals surface area (Å²) < 4.78 is 13.3. The SMILES string of the molecule is Cc1ccc(CNCC(C)CC(C)O)cc1F. The summed E-state index contributed by atoms with van der Waals surface area (Å²) >= 11 is 0. The Labute approximate surface area is 103 Å². The van der Waals surface area contributed by atoms with Crippen LogP contribution >= 0.6 is 0 Å². The Morgan fingerprint density at radius 3 is 2.65 bits per heavy atom. The standard InChI is InChI=1S/C14H22FNO/c1-10(6-12(3)17)8-16-9-13-5-4-11(2)14(15)7-13/h4-5,7,10,12,16-17H,6,8-9H2,1-3H3. The molecule has 0 radical (unpaired) electrons. The van der Waals surface area contributed by atoms with E-state index < -0.39 is 0 Å². The Hall–Kier alpha value is -0.930. The fourth-order valence-electron chi connectivity index (χ4n) is 1.87. The van der Waals surface area contributed by atoms with Crippen LogP contribution < -0.4 is 5.32 Å². The lowest BCUT2D eigenvalue weighted by Gasteiger charge is -2.14. The van der Waals surface area contributed by atoms with E-state index >= 15 is 0 Å². The Balaban J connectivity index is 2.33. The third-order valence-corrected chi connectivity index (χ3v) is 2.80. The number of hydrogen-bond acceptors (Lipinski definition) is 2. The molecule has 1 aromatic rings. The van der Waals surface area contributed by atoms with Gasteiger partial charge in [-0.05, 0) is 49.9 Å². The maximum Gasteiger partial charge on any atom is 0.126 e. The largest absolute Gasteiger partial charge is 0.393 e. The van der Waals surface area contributed by atoms with Crippen LogP contribution in [-0.4, -0.2) is 17.8 Å². The second-order valence-corrected chi connectivity index (χ2v) is 4.90. The van der Waals surface area contributed by atoms with E-state index in [1.807, 2.05) is 6.07 Å². The van der Waals surface area contributed by atoms with Crippen LogP contribution in [0.3, 0.4) is 0 Å². The summed E-state index contributed by atoms with van der Waals surface area (Å²) in [6.07, 6.45) is 0.526. The molecule has 2 nitrogen and oxygen atoms in total. The molecular formula is C14H22FNO. The third kappa shape index (κ3) is 5.29. The lowest BCUT2D eigenvalue weighted by atomic mass is 10.0. The summed E-state index contributed by atoms with van der Waals surface area (Å²) in [7, 11) is 0. The van der Waals surface area contributed by atoms with Gasteiger partial charge >= 0.3 is 0 Å². The van der Waals surface area contributed by atoms with E-state index in [-0.39, 0.29) is 11.9 Å². The van der Waals surface area contributed by atoms with Crippen LogP contribution in [0.5, 0.6) is 0 Å². The Morgan fingerprint density at radius 1 is 1.35 bits per heavy atom. The minimum Gasteiger partial charge on any atom is -0.393 e. The van der Waals surface area contributed by atoms with Gasteiger partial charge in [0.25, 0.3) is 0 Å². The van der Waals surface area contributed by atoms with Gasteiger partial charge in [-0.3, -0.25) is 0 Å². The summed E-state index contributed by atoms with van der Waals surface area (Å²) in [5, 5.41) is 12.5. The molecule has 0 aliphatic carbocycles. The van der Waals surface area contributed by atoms with Crippen molar-refractivity contribution < 1.29 is 9.50 Å². The predicted molar refractivity (Wildman–Crippen MR) is 68.3 cm³/mol. The summed E-state index contributed by atoms with van der Waals surface area (Å²) in [6.45, 7) is 7.15. The van der Waals surface area contributed by atoms with Gasteiger partial charge in [-0.15, -0.1) is 0 Å². The summed E-state index contributed by atoms with van der Waals surface area (Å²) in [5.41, 5.74) is 1.63. The zero-order chi connectivity index (χ0) is 12.8. The fraction of sp³-hybridized carbons (Fsp3) is 0.571. The van der Waals surface area contributed by atoms with Gasteiger partial charge in [0.05, 0.1) is 6.10 Å². The molecule has 0 fully saturated rings. The number of nitrogens with one attached hydrogen (secondary N) is 1. The molecule has 0 aliphatic heterocycles. The Kier molecular flexibility index (Phi) is 5.59. The lowest BCUT2D eigenvalue weighted by Crippen LogP contribution is -2.23. The number of hydrogen-bond donors (Lipinski definition) is 2. The number of benzene rings is 1. The molecule has 0 spiro atoms. The molecule has 0 heterocycles. The van der Waals surface area contributed by atoms with E-state index in [2.05, 4.69) is 12.2 Å². The highest BCUT2D eigenvalue weighted by Gasteiger charge is 2.06. The summed E-state index contributed by atoms with van der Waals surface area (Å²) in [4.78, 5) is 0. The second kappa shape index (κ2) is 6.72. The quantitative estimate of drug-likeness (QED) is 0.800. The molecule has 0 aromatic heterocycles. The molecule has 0 bridgehead atoms. The van der Waals surface area contributed by atoms with Gasteiger partial charge in [-0.25, -0.2) is 4.39 Å². The van der Waals surface area contributed by atoms with Crippen molar-refractivity contribution in [1.82, 2.24) is 5.32 Å². The van der Waals surface area contributed by atoms with E-state index in [0.717, 1.165) is 18.5 Å². The van der Waals surface area contributed by atoms with Crippen molar-refractivity contribution >= 4 is 0 Å². The van der Waals surface area contributed by atoms with Gasteiger partial charge in [-0.1, -0.05) is 19.1 Å². The molecule has 0 saturated heterocycles. The highest BCUT2D eigenvalue weighted by atomic mass is 19.1. The van der Waals surface area contributed by atoms with Gasteiger partial charge in [-0.2, -0.15) is 0 Å². The molecule has 0 amide bonds. The van der Waals surface area contributed by atoms with Crippen LogP contribution in [-0.2, 0) is 6.54 Å². The number of aliphatic hydroxyl groups excluding tert-OH is 1. The zero-order valence-electron chi connectivity index (χ0n) is 10.8. The second-order valence-electron chi connectivity index (χ2n) is 4.90. The molecule has 0 aliphatic rings. The Morgan fingerprint density at radius 2 is 2.06 bits per heavy atom. The van der Waals surface area contributed by atoms with Crippen molar-refractivity contribution in [2.24, 2.45) is 5.92 Å². The zero-order valence-corrected chi connectivity index (χ0v) is 10.8. The average molecular weight is 239 g/mol. The number of aryl methyl sites for hydroxylation is 1. The molecule has 2 N–H and O–H groups in total. The van der Waals surface area contributed by atoms with Crippen molar-refractivity contribution in [3.05, 3.63) is 35.1 Å². The van der Waals surface area contributed by atoms with Crippen molar-refractivity contribution in [1.29, 1.82) is 0 Å². The number of aliphatic hydroxyl groups is 1. The normalized spacial score (nSPS) is 14.6. The molecule has 0 saturated carbocycles. The molecule has 2 atom stereocenters. The van der Waals surface area contributed by atoms with Crippen LogP contribution in [0.2, 0.25) is 0 Å². The van der Waals surface area contributed by atoms with E-state index in [9.17, 15) is 9.50 Å². The smallest absolute Gasteiger partial charge is 0.126 e. The molecule has 1 rings (SSSR count). The van der Waals surface area contributed by atoms with Crippen molar-refractivity contribution in [2.45, 2.75) is 39.8 Å². The molecule has 96 valence electrons. The highest BCUT2D eigenvalue weighted by Crippen LogP contribution is 2.09. The van der Waals surface area contributed by atoms with Crippen LogP contribution in [0.15, 0.2) is 18.2 Å². The van der Waals surface area contributed by atoms with Crippen LogP contribution in [0, 0.1) is 18.7 Å². The number of halogens is 1. The van der Waals surface area contributed by atoms with E-state index in [1.54, 1.807) is 26.0 Å². The molecule has 3 heteroatoms. The topological polar surface area (TPSA) is 32.3 Å². The summed E-state index contributed by atoms with van der Waals surface area (Å²) in [6, 6.07) is 5.30. The van der Waals surface area contributed by atoms with Gasteiger partial charge < -0.3 is 10.4 Å². The molecule has 17 heavy (non-hydrogen) atoms. The first-order chi connectivity index (χ1) is 7.99. The van der Waals surface area contributed by atoms with Gasteiger partial charge in [0.2, 0.25) is 0 Å². The van der Waals surface area contributed by atoms with Crippen LogP contribution in [0.1, 0.15) is 31.4 Å². The van der Waals surface area contributed by atoms with Gasteiger partial charge in [0, 0.05) is 6.54 Å². The average Bonchev–Trinajstić information content (AvgIpc) is 2.22. The number of rotatable bonds is 6. The van der Waals surface area contributed by atoms with Crippen molar-refractivity contribution in [2.75, 3.05) is 6.54 Å². The first-order valence-corrected chi connectivity index (χ1v) is 6.13. The van der Waals surface area contributed by atoms with Gasteiger partial charge in [0.15, 0.2) is 0 Å². The van der Waals surface area contributed by atoms with Crippen molar-refractivity contribution in [3.63, 3.8) is 0 Å². The first-order valence-electron chi connectivity index (χ1n) is 6.13. The van der Waals surface area contributed by atoms with E-state index in [0.29, 0.717) is 18.0 Å². The van der Waals surface area contributed by atoms with Crippen LogP contribution in [0.25, 0.3) is 0 Å². The van der Waals surface area contributed by atoms with E-state index in [1.165, 1.54) is 0 Å². The first kappa shape index (κ1) is 14.1. The fourth-order valence-corrected chi connectivity index (χ4v) is 1.87. The van der Waals surface area contributed by atoms with Crippen LogP contribution in [0.4, 0.5) is 4.39 Å². The maximum atomic E-state index is 13.3.